The lowest BCUT2D eigenvalue weighted by molar-refractivity contribution is -0.119. The summed E-state index contributed by atoms with van der Waals surface area (Å²) in [6.45, 7) is 1.84. The normalized spacial score (nSPS) is 14.3. The third kappa shape index (κ3) is 2.97. The topological polar surface area (TPSA) is 115 Å². The Kier molecular flexibility index (Phi) is 5.07. The van der Waals surface area contributed by atoms with Crippen LogP contribution in [0.3, 0.4) is 0 Å². The van der Waals surface area contributed by atoms with Gasteiger partial charge in [0.05, 0.1) is 11.9 Å². The Hall–Kier alpha value is -3.19. The van der Waals surface area contributed by atoms with Crippen LogP contribution < -0.4 is 16.6 Å². The number of carbonyl (C=O) groups is 1. The van der Waals surface area contributed by atoms with Crippen molar-refractivity contribution in [3.8, 4) is 6.07 Å². The molecule has 0 unspecified atom stereocenters. The Morgan fingerprint density at radius 2 is 2.03 bits per heavy atom. The van der Waals surface area contributed by atoms with E-state index < -0.39 is 17.3 Å². The van der Waals surface area contributed by atoms with Gasteiger partial charge in [-0.2, -0.15) is 5.26 Å². The van der Waals surface area contributed by atoms with E-state index in [-0.39, 0.29) is 17.1 Å². The Morgan fingerprint density at radius 1 is 1.30 bits per heavy atom. The van der Waals surface area contributed by atoms with Crippen molar-refractivity contribution in [2.75, 3.05) is 5.32 Å². The molecule has 1 N–H and O–H groups in total. The van der Waals surface area contributed by atoms with E-state index in [0.717, 1.165) is 40.7 Å². The van der Waals surface area contributed by atoms with Crippen molar-refractivity contribution in [3.63, 3.8) is 0 Å². The van der Waals surface area contributed by atoms with Gasteiger partial charge in [0.25, 0.3) is 5.56 Å². The van der Waals surface area contributed by atoms with E-state index in [4.69, 9.17) is 0 Å². The van der Waals surface area contributed by atoms with Gasteiger partial charge in [-0.15, -0.1) is 11.3 Å². The number of nitriles is 1. The molecular formula is C20H22N6O3S. The minimum absolute atomic E-state index is 0.201. The van der Waals surface area contributed by atoms with Crippen LogP contribution in [0.15, 0.2) is 15.9 Å². The zero-order valence-electron chi connectivity index (χ0n) is 17.1. The summed E-state index contributed by atoms with van der Waals surface area (Å²) in [6.07, 6.45) is 5.76. The molecule has 0 saturated carbocycles. The number of nitrogens with one attached hydrogen (secondary N) is 1. The van der Waals surface area contributed by atoms with Crippen molar-refractivity contribution in [1.29, 1.82) is 5.26 Å². The van der Waals surface area contributed by atoms with Gasteiger partial charge in [0.15, 0.2) is 11.2 Å². The number of nitrogens with zero attached hydrogens (tertiary/aromatic N) is 5. The molecule has 0 aliphatic heterocycles. The van der Waals surface area contributed by atoms with Crippen LogP contribution in [0.1, 0.15) is 48.2 Å². The van der Waals surface area contributed by atoms with Crippen LogP contribution in [0.5, 0.6) is 0 Å². The molecule has 1 amide bonds. The molecular weight excluding hydrogens is 404 g/mol. The molecule has 1 aliphatic carbocycles. The van der Waals surface area contributed by atoms with Gasteiger partial charge in [-0.25, -0.2) is 9.78 Å². The summed E-state index contributed by atoms with van der Waals surface area (Å²) in [7, 11) is 2.94. The van der Waals surface area contributed by atoms with E-state index in [1.54, 1.807) is 0 Å². The Bertz CT molecular complexity index is 1320. The van der Waals surface area contributed by atoms with Crippen molar-refractivity contribution in [3.05, 3.63) is 43.2 Å². The summed E-state index contributed by atoms with van der Waals surface area (Å²) in [5.74, 6) is -0.317. The molecule has 3 aromatic heterocycles. The molecule has 0 aromatic carbocycles. The highest BCUT2D eigenvalue weighted by Crippen LogP contribution is 2.38. The summed E-state index contributed by atoms with van der Waals surface area (Å²) < 4.78 is 3.82. The first-order chi connectivity index (χ1) is 14.4. The summed E-state index contributed by atoms with van der Waals surface area (Å²) in [6, 6.07) is 1.54. The zero-order valence-corrected chi connectivity index (χ0v) is 17.9. The lowest BCUT2D eigenvalue weighted by Gasteiger charge is -2.17. The van der Waals surface area contributed by atoms with Crippen LogP contribution in [-0.2, 0) is 31.7 Å². The van der Waals surface area contributed by atoms with Gasteiger partial charge in [-0.1, -0.05) is 6.92 Å². The monoisotopic (exact) mass is 426 g/mol. The molecule has 0 fully saturated rings. The van der Waals surface area contributed by atoms with E-state index in [2.05, 4.69) is 16.4 Å². The fourth-order valence-electron chi connectivity index (χ4n) is 4.08. The number of imidazole rings is 1. The Balaban J connectivity index is 1.75. The maximum absolute atomic E-state index is 13.2. The highest BCUT2D eigenvalue weighted by molar-refractivity contribution is 7.16. The van der Waals surface area contributed by atoms with Gasteiger partial charge in [0.2, 0.25) is 5.91 Å². The quantitative estimate of drug-likeness (QED) is 0.684. The average Bonchev–Trinajstić information content (AvgIpc) is 3.32. The highest BCUT2D eigenvalue weighted by atomic mass is 32.1. The SMILES string of the molecule is CC[C@H](C(=O)Nc1sc2c(c1C#N)CCCC2)n1cnc2c1c(=O)n(C)c(=O)n2C. The molecule has 3 heterocycles. The molecule has 0 spiro atoms. The van der Waals surface area contributed by atoms with Crippen LogP contribution in [0.2, 0.25) is 0 Å². The van der Waals surface area contributed by atoms with Gasteiger partial charge in [0, 0.05) is 19.0 Å². The van der Waals surface area contributed by atoms with E-state index in [1.165, 1.54) is 40.9 Å². The minimum Gasteiger partial charge on any atom is -0.315 e. The van der Waals surface area contributed by atoms with Gasteiger partial charge in [0.1, 0.15) is 17.1 Å². The number of fused-ring (bicyclic) bond motifs is 2. The molecule has 9 nitrogen and oxygen atoms in total. The smallest absolute Gasteiger partial charge is 0.315 e. The number of aromatic nitrogens is 4. The number of rotatable bonds is 4. The van der Waals surface area contributed by atoms with Crippen molar-refractivity contribution < 1.29 is 4.79 Å². The van der Waals surface area contributed by atoms with Gasteiger partial charge in [-0.05, 0) is 37.7 Å². The van der Waals surface area contributed by atoms with Crippen molar-refractivity contribution in [2.45, 2.75) is 45.1 Å². The van der Waals surface area contributed by atoms with E-state index >= 15 is 0 Å². The maximum Gasteiger partial charge on any atom is 0.332 e. The standard InChI is InChI=1S/C20H22N6O3S/c1-4-13(26-10-22-16-15(26)19(28)25(3)20(29)24(16)2)17(27)23-18-12(9-21)11-7-5-6-8-14(11)30-18/h10,13H,4-8H2,1-3H3,(H,23,27)/t13-/m1/s1. The van der Waals surface area contributed by atoms with Crippen molar-refractivity contribution in [1.82, 2.24) is 18.7 Å². The number of amides is 1. The lowest BCUT2D eigenvalue weighted by Crippen LogP contribution is -2.38. The Morgan fingerprint density at radius 3 is 2.73 bits per heavy atom. The van der Waals surface area contributed by atoms with Gasteiger partial charge < -0.3 is 9.88 Å². The first-order valence-corrected chi connectivity index (χ1v) is 10.7. The van der Waals surface area contributed by atoms with E-state index in [9.17, 15) is 19.6 Å². The van der Waals surface area contributed by atoms with Crippen LogP contribution in [0, 0.1) is 11.3 Å². The summed E-state index contributed by atoms with van der Waals surface area (Å²) >= 11 is 1.46. The third-order valence-electron chi connectivity index (χ3n) is 5.72. The molecule has 1 aliphatic rings. The highest BCUT2D eigenvalue weighted by Gasteiger charge is 2.27. The second kappa shape index (κ2) is 7.57. The van der Waals surface area contributed by atoms with Crippen molar-refractivity contribution in [2.24, 2.45) is 14.1 Å². The predicted octanol–water partition coefficient (Wildman–Crippen LogP) is 1.84. The molecule has 156 valence electrons. The summed E-state index contributed by atoms with van der Waals surface area (Å²) in [5, 5.41) is 13.1. The van der Waals surface area contributed by atoms with Gasteiger partial charge in [-0.3, -0.25) is 18.7 Å². The summed E-state index contributed by atoms with van der Waals surface area (Å²) in [5.41, 5.74) is 1.06. The van der Waals surface area contributed by atoms with E-state index in [0.29, 0.717) is 17.0 Å². The second-order valence-electron chi connectivity index (χ2n) is 7.47. The fourth-order valence-corrected chi connectivity index (χ4v) is 5.32. The molecule has 4 rings (SSSR count). The molecule has 0 radical (unpaired) electrons. The number of aryl methyl sites for hydroxylation is 2. The number of anilines is 1. The molecule has 1 atom stereocenters. The molecule has 30 heavy (non-hydrogen) atoms. The van der Waals surface area contributed by atoms with Crippen molar-refractivity contribution >= 4 is 33.4 Å². The average molecular weight is 427 g/mol. The van der Waals surface area contributed by atoms with Crippen LogP contribution >= 0.6 is 11.3 Å². The molecule has 0 bridgehead atoms. The zero-order chi connectivity index (χ0) is 21.6. The fraction of sp³-hybridized carbons (Fsp3) is 0.450. The number of thiophene rings is 1. The maximum atomic E-state index is 13.2. The van der Waals surface area contributed by atoms with Crippen LogP contribution in [0.25, 0.3) is 11.2 Å². The predicted molar refractivity (Wildman–Crippen MR) is 114 cm³/mol. The number of hydrogen-bond acceptors (Lipinski definition) is 6. The number of hydrogen-bond donors (Lipinski definition) is 1. The van der Waals surface area contributed by atoms with E-state index in [1.807, 2.05) is 6.92 Å². The lowest BCUT2D eigenvalue weighted by atomic mass is 9.96. The summed E-state index contributed by atoms with van der Waals surface area (Å²) in [4.78, 5) is 43.4. The first kappa shape index (κ1) is 20.1. The molecule has 3 aromatic rings. The first-order valence-electron chi connectivity index (χ1n) is 9.87. The Labute approximate surface area is 176 Å². The third-order valence-corrected chi connectivity index (χ3v) is 6.93. The minimum atomic E-state index is -0.703. The second-order valence-corrected chi connectivity index (χ2v) is 8.58. The molecule has 10 heteroatoms. The largest absolute Gasteiger partial charge is 0.332 e. The molecule has 0 saturated heterocycles. The van der Waals surface area contributed by atoms with Crippen LogP contribution in [-0.4, -0.2) is 24.6 Å². The van der Waals surface area contributed by atoms with Crippen LogP contribution in [0.4, 0.5) is 5.00 Å². The number of carbonyl (C=O) groups excluding carboxylic acids is 1. The van der Waals surface area contributed by atoms with Gasteiger partial charge >= 0.3 is 5.69 Å².